The van der Waals surface area contributed by atoms with E-state index in [1.807, 2.05) is 0 Å². The molecule has 1 aliphatic rings. The third-order valence-corrected chi connectivity index (χ3v) is 5.29. The average Bonchev–Trinajstić information content (AvgIpc) is 3.09. The van der Waals surface area contributed by atoms with Crippen molar-refractivity contribution in [2.75, 3.05) is 25.7 Å². The van der Waals surface area contributed by atoms with Gasteiger partial charge in [0, 0.05) is 23.6 Å². The molecule has 1 saturated heterocycles. The lowest BCUT2D eigenvalue weighted by molar-refractivity contribution is -0.117. The molecule has 1 unspecified atom stereocenters. The molecule has 12 heteroatoms. The number of carbonyl (C=O) groups is 1. The van der Waals surface area contributed by atoms with Crippen molar-refractivity contribution in [3.63, 3.8) is 0 Å². The van der Waals surface area contributed by atoms with E-state index in [-0.39, 0.29) is 24.9 Å². The Bertz CT molecular complexity index is 841. The van der Waals surface area contributed by atoms with Crippen LogP contribution in [-0.4, -0.2) is 59.9 Å². The van der Waals surface area contributed by atoms with Crippen LogP contribution in [0.4, 0.5) is 5.95 Å². The van der Waals surface area contributed by atoms with E-state index >= 15 is 0 Å². The predicted octanol–water partition coefficient (Wildman–Crippen LogP) is -0.185. The first-order valence-electron chi connectivity index (χ1n) is 6.42. The van der Waals surface area contributed by atoms with Gasteiger partial charge in [0.15, 0.2) is 5.75 Å². The van der Waals surface area contributed by atoms with Crippen molar-refractivity contribution in [1.82, 2.24) is 19.6 Å². The second kappa shape index (κ2) is 5.49. The van der Waals surface area contributed by atoms with Gasteiger partial charge in [0.25, 0.3) is 5.95 Å². The number of carbonyl (C=O) groups excluding carboxylic acids is 1. The van der Waals surface area contributed by atoms with Crippen LogP contribution in [0.2, 0.25) is 0 Å². The van der Waals surface area contributed by atoms with E-state index in [1.165, 1.54) is 24.9 Å². The highest BCUT2D eigenvalue weighted by Gasteiger charge is 2.39. The van der Waals surface area contributed by atoms with E-state index in [9.17, 15) is 13.2 Å². The number of fused-ring (bicyclic) bond motifs is 1. The van der Waals surface area contributed by atoms with Crippen molar-refractivity contribution in [3.05, 3.63) is 6.20 Å². The Kier molecular flexibility index (Phi) is 3.76. The van der Waals surface area contributed by atoms with E-state index < -0.39 is 20.2 Å². The average molecular weight is 362 g/mol. The normalized spacial score (nSPS) is 18.7. The van der Waals surface area contributed by atoms with Crippen LogP contribution >= 0.6 is 10.7 Å². The summed E-state index contributed by atoms with van der Waals surface area (Å²) in [6.45, 7) is -0.111. The first-order valence-corrected chi connectivity index (χ1v) is 8.80. The number of hydrogen-bond donors (Lipinski definition) is 0. The van der Waals surface area contributed by atoms with Crippen LogP contribution in [0.1, 0.15) is 6.42 Å². The summed E-state index contributed by atoms with van der Waals surface area (Å²) in [5.74, 6) is -0.0684. The number of aromatic nitrogens is 4. The fourth-order valence-corrected chi connectivity index (χ4v) is 3.30. The second-order valence-electron chi connectivity index (χ2n) is 4.77. The Balaban J connectivity index is 2.06. The van der Waals surface area contributed by atoms with Crippen LogP contribution in [-0.2, 0) is 13.8 Å². The number of anilines is 1. The Morgan fingerprint density at radius 3 is 2.65 bits per heavy atom. The molecule has 1 atom stereocenters. The monoisotopic (exact) mass is 361 g/mol. The van der Waals surface area contributed by atoms with Crippen molar-refractivity contribution in [3.8, 4) is 11.8 Å². The molecule has 0 aliphatic carbocycles. The van der Waals surface area contributed by atoms with Crippen LogP contribution in [0.25, 0.3) is 5.65 Å². The summed E-state index contributed by atoms with van der Waals surface area (Å²) in [6, 6.07) is 0.146. The predicted molar refractivity (Wildman–Crippen MR) is 79.4 cm³/mol. The van der Waals surface area contributed by atoms with Gasteiger partial charge in [0.2, 0.25) is 20.6 Å². The summed E-state index contributed by atoms with van der Waals surface area (Å²) >= 11 is 0. The number of rotatable bonds is 4. The molecule has 3 rings (SSSR count). The largest absolute Gasteiger partial charge is 0.491 e. The van der Waals surface area contributed by atoms with Gasteiger partial charge < -0.3 is 9.47 Å². The van der Waals surface area contributed by atoms with Crippen LogP contribution in [0.5, 0.6) is 11.8 Å². The lowest BCUT2D eigenvalue weighted by Gasteiger charge is -2.10. The maximum atomic E-state index is 12.1. The van der Waals surface area contributed by atoms with E-state index in [0.29, 0.717) is 11.4 Å². The third-order valence-electron chi connectivity index (χ3n) is 3.42. The minimum Gasteiger partial charge on any atom is -0.491 e. The highest BCUT2D eigenvalue weighted by atomic mass is 35.7. The van der Waals surface area contributed by atoms with Gasteiger partial charge >= 0.3 is 6.01 Å². The minimum atomic E-state index is -3.85. The SMILES string of the molecule is COc1cnc(OC)n2nc(N3CC(S(=O)(=O)Cl)CC3=O)nc12. The van der Waals surface area contributed by atoms with Crippen LogP contribution in [0.3, 0.4) is 0 Å². The van der Waals surface area contributed by atoms with Gasteiger partial charge in [-0.3, -0.25) is 9.69 Å². The van der Waals surface area contributed by atoms with Gasteiger partial charge in [0.1, 0.15) is 5.25 Å². The molecule has 0 N–H and O–H groups in total. The maximum Gasteiger partial charge on any atom is 0.319 e. The molecule has 124 valence electrons. The molecule has 2 aromatic rings. The fraction of sp³-hybridized carbons (Fsp3) is 0.455. The Labute approximate surface area is 135 Å². The van der Waals surface area contributed by atoms with Gasteiger partial charge in [-0.2, -0.15) is 14.5 Å². The summed E-state index contributed by atoms with van der Waals surface area (Å²) in [5.41, 5.74) is 0.291. The first-order chi connectivity index (χ1) is 10.8. The molecule has 0 radical (unpaired) electrons. The van der Waals surface area contributed by atoms with Gasteiger partial charge in [-0.25, -0.2) is 8.42 Å². The molecule has 3 heterocycles. The van der Waals surface area contributed by atoms with Gasteiger partial charge in [-0.15, -0.1) is 5.10 Å². The van der Waals surface area contributed by atoms with Crippen LogP contribution in [0.15, 0.2) is 6.20 Å². The summed E-state index contributed by atoms with van der Waals surface area (Å²) in [7, 11) is 4.33. The standard InChI is InChI=1S/C11H12ClN5O5S/c1-21-7-4-13-11(22-2)17-9(7)14-10(15-17)16-5-6(3-8(16)18)23(12,19)20/h4,6H,3,5H2,1-2H3. The summed E-state index contributed by atoms with van der Waals surface area (Å²) in [6.07, 6.45) is 1.19. The summed E-state index contributed by atoms with van der Waals surface area (Å²) < 4.78 is 34.3. The number of halogens is 1. The van der Waals surface area contributed by atoms with Crippen LogP contribution in [0, 0.1) is 0 Å². The Morgan fingerprint density at radius 1 is 1.35 bits per heavy atom. The Morgan fingerprint density at radius 2 is 2.09 bits per heavy atom. The molecule has 2 aromatic heterocycles. The van der Waals surface area contributed by atoms with Crippen molar-refractivity contribution in [1.29, 1.82) is 0 Å². The molecule has 0 saturated carbocycles. The zero-order valence-electron chi connectivity index (χ0n) is 12.1. The molecule has 1 fully saturated rings. The maximum absolute atomic E-state index is 12.1. The molecular formula is C11H12ClN5O5S. The Hall–Kier alpha value is -2.14. The number of hydrogen-bond acceptors (Lipinski definition) is 8. The van der Waals surface area contributed by atoms with Crippen LogP contribution < -0.4 is 14.4 Å². The smallest absolute Gasteiger partial charge is 0.319 e. The summed E-state index contributed by atoms with van der Waals surface area (Å²) in [4.78, 5) is 21.4. The topological polar surface area (TPSA) is 116 Å². The van der Waals surface area contributed by atoms with Gasteiger partial charge in [0.05, 0.1) is 20.4 Å². The number of nitrogens with zero attached hydrogens (tertiary/aromatic N) is 5. The van der Waals surface area contributed by atoms with E-state index in [0.717, 1.165) is 4.90 Å². The van der Waals surface area contributed by atoms with Crippen molar-refractivity contribution < 1.29 is 22.7 Å². The summed E-state index contributed by atoms with van der Waals surface area (Å²) in [5, 5.41) is 3.15. The van der Waals surface area contributed by atoms with E-state index in [1.54, 1.807) is 0 Å². The third kappa shape index (κ3) is 2.65. The molecule has 10 nitrogen and oxygen atoms in total. The van der Waals surface area contributed by atoms with Crippen molar-refractivity contribution in [2.24, 2.45) is 0 Å². The van der Waals surface area contributed by atoms with E-state index in [4.69, 9.17) is 20.2 Å². The zero-order valence-corrected chi connectivity index (χ0v) is 13.7. The molecule has 1 aliphatic heterocycles. The van der Waals surface area contributed by atoms with Gasteiger partial charge in [-0.1, -0.05) is 0 Å². The minimum absolute atomic E-state index is 0.0300. The molecule has 23 heavy (non-hydrogen) atoms. The number of amides is 1. The van der Waals surface area contributed by atoms with Crippen molar-refractivity contribution in [2.45, 2.75) is 11.7 Å². The van der Waals surface area contributed by atoms with Crippen molar-refractivity contribution >= 4 is 37.2 Å². The number of methoxy groups -OCH3 is 2. The lowest BCUT2D eigenvalue weighted by atomic mass is 10.4. The molecular weight excluding hydrogens is 350 g/mol. The van der Waals surface area contributed by atoms with Gasteiger partial charge in [-0.05, 0) is 0 Å². The highest BCUT2D eigenvalue weighted by molar-refractivity contribution is 8.14. The first kappa shape index (κ1) is 15.7. The highest BCUT2D eigenvalue weighted by Crippen LogP contribution is 2.28. The quantitative estimate of drug-likeness (QED) is 0.688. The second-order valence-corrected chi connectivity index (χ2v) is 7.67. The molecule has 1 amide bonds. The number of ether oxygens (including phenoxy) is 2. The lowest BCUT2D eigenvalue weighted by Crippen LogP contribution is -2.27. The molecule has 0 aromatic carbocycles. The fourth-order valence-electron chi connectivity index (χ4n) is 2.27. The molecule has 0 bridgehead atoms. The molecule has 0 spiro atoms. The van der Waals surface area contributed by atoms with E-state index in [2.05, 4.69) is 15.1 Å². The zero-order chi connectivity index (χ0) is 16.8.